The summed E-state index contributed by atoms with van der Waals surface area (Å²) in [5.74, 6) is 0.952. The molecule has 6 nitrogen and oxygen atoms in total. The van der Waals surface area contributed by atoms with Crippen molar-refractivity contribution in [2.45, 2.75) is 30.9 Å². The molecule has 1 heterocycles. The van der Waals surface area contributed by atoms with Crippen molar-refractivity contribution in [1.29, 1.82) is 0 Å². The van der Waals surface area contributed by atoms with Gasteiger partial charge in [-0.15, -0.1) is 0 Å². The maximum atomic E-state index is 12.5. The Morgan fingerprint density at radius 2 is 2.00 bits per heavy atom. The van der Waals surface area contributed by atoms with E-state index >= 15 is 0 Å². The molecule has 0 amide bonds. The zero-order valence-electron chi connectivity index (χ0n) is 12.2. The molecular weight excluding hydrogens is 320 g/mol. The van der Waals surface area contributed by atoms with E-state index in [4.69, 9.17) is 0 Å². The Hall–Kier alpha value is 0.170. The second-order valence-electron chi connectivity index (χ2n) is 5.03. The summed E-state index contributed by atoms with van der Waals surface area (Å²) in [6, 6.07) is 0. The predicted molar refractivity (Wildman–Crippen MR) is 84.2 cm³/mol. The number of nitrogens with zero attached hydrogens (tertiary/aromatic N) is 1. The number of nitrogens with one attached hydrogen (secondary N) is 1. The number of rotatable bonds is 7. The molecule has 1 N–H and O–H groups in total. The molecule has 20 heavy (non-hydrogen) atoms. The van der Waals surface area contributed by atoms with Crippen molar-refractivity contribution in [3.05, 3.63) is 0 Å². The van der Waals surface area contributed by atoms with E-state index in [1.54, 1.807) is 6.92 Å². The highest BCUT2D eigenvalue weighted by Crippen LogP contribution is 2.25. The minimum Gasteiger partial charge on any atom is -0.315 e. The first-order valence-electron chi connectivity index (χ1n) is 6.69. The predicted octanol–water partition coefficient (Wildman–Crippen LogP) is 0.124. The van der Waals surface area contributed by atoms with Gasteiger partial charge in [0.25, 0.3) is 0 Å². The van der Waals surface area contributed by atoms with Crippen molar-refractivity contribution in [1.82, 2.24) is 9.62 Å². The lowest BCUT2D eigenvalue weighted by Crippen LogP contribution is -2.53. The van der Waals surface area contributed by atoms with Gasteiger partial charge in [-0.2, -0.15) is 16.1 Å². The van der Waals surface area contributed by atoms with Gasteiger partial charge in [0.2, 0.25) is 10.0 Å². The summed E-state index contributed by atoms with van der Waals surface area (Å²) >= 11 is 1.48. The van der Waals surface area contributed by atoms with Crippen LogP contribution in [0.2, 0.25) is 0 Å². The maximum absolute atomic E-state index is 12.5. The van der Waals surface area contributed by atoms with Gasteiger partial charge in [-0.25, -0.2) is 16.8 Å². The molecule has 1 saturated heterocycles. The summed E-state index contributed by atoms with van der Waals surface area (Å²) in [7, 11) is -7.01. The van der Waals surface area contributed by atoms with Gasteiger partial charge >= 0.3 is 0 Å². The normalized spacial score (nSPS) is 23.6. The van der Waals surface area contributed by atoms with Crippen LogP contribution in [-0.4, -0.2) is 69.2 Å². The van der Waals surface area contributed by atoms with Gasteiger partial charge in [-0.1, -0.05) is 6.92 Å². The van der Waals surface area contributed by atoms with Crippen LogP contribution in [0, 0.1) is 0 Å². The smallest absolute Gasteiger partial charge is 0.219 e. The highest BCUT2D eigenvalue weighted by Gasteiger charge is 2.40. The van der Waals surface area contributed by atoms with Crippen LogP contribution in [0.25, 0.3) is 0 Å². The Labute approximate surface area is 126 Å². The van der Waals surface area contributed by atoms with Crippen LogP contribution in [-0.2, 0) is 19.9 Å². The molecule has 0 spiro atoms. The Morgan fingerprint density at radius 1 is 1.35 bits per heavy atom. The van der Waals surface area contributed by atoms with E-state index in [-0.39, 0.29) is 6.54 Å². The van der Waals surface area contributed by atoms with Gasteiger partial charge in [-0.3, -0.25) is 0 Å². The molecular formula is C11H24N2O4S3. The monoisotopic (exact) mass is 344 g/mol. The van der Waals surface area contributed by atoms with E-state index in [2.05, 4.69) is 5.32 Å². The number of hydrogen-bond donors (Lipinski definition) is 1. The quantitative estimate of drug-likeness (QED) is 0.661. The van der Waals surface area contributed by atoms with Crippen molar-refractivity contribution in [3.8, 4) is 0 Å². The highest BCUT2D eigenvalue weighted by molar-refractivity contribution is 8.01. The van der Waals surface area contributed by atoms with E-state index in [1.165, 1.54) is 16.1 Å². The third-order valence-corrected chi connectivity index (χ3v) is 8.28. The summed E-state index contributed by atoms with van der Waals surface area (Å²) in [6.45, 7) is 5.00. The number of sulfonamides is 1. The van der Waals surface area contributed by atoms with Gasteiger partial charge < -0.3 is 5.32 Å². The van der Waals surface area contributed by atoms with Crippen molar-refractivity contribution in [2.24, 2.45) is 0 Å². The lowest BCUT2D eigenvalue weighted by molar-refractivity contribution is 0.397. The summed E-state index contributed by atoms with van der Waals surface area (Å²) in [5, 5.41) is 1.52. The maximum Gasteiger partial charge on any atom is 0.219 e. The summed E-state index contributed by atoms with van der Waals surface area (Å²) < 4.78 is 49.9. The first-order valence-corrected chi connectivity index (χ1v) is 11.3. The summed E-state index contributed by atoms with van der Waals surface area (Å²) in [4.78, 5) is 0. The fourth-order valence-corrected chi connectivity index (χ4v) is 7.27. The van der Waals surface area contributed by atoms with Gasteiger partial charge in [0.15, 0.2) is 9.84 Å². The van der Waals surface area contributed by atoms with E-state index in [9.17, 15) is 16.8 Å². The Balaban J connectivity index is 2.88. The molecule has 1 aliphatic rings. The number of sulfone groups is 1. The van der Waals surface area contributed by atoms with Crippen LogP contribution in [0.4, 0.5) is 0 Å². The largest absolute Gasteiger partial charge is 0.315 e. The first-order chi connectivity index (χ1) is 9.21. The van der Waals surface area contributed by atoms with E-state index in [0.717, 1.165) is 19.2 Å². The number of thioether (sulfide) groups is 1. The minimum absolute atomic E-state index is 0.267. The third-order valence-electron chi connectivity index (χ3n) is 3.23. The van der Waals surface area contributed by atoms with Crippen LogP contribution in [0.5, 0.6) is 0 Å². The van der Waals surface area contributed by atoms with Gasteiger partial charge in [0, 0.05) is 30.9 Å². The Kier molecular flexibility index (Phi) is 6.78. The molecule has 1 aliphatic heterocycles. The van der Waals surface area contributed by atoms with Crippen molar-refractivity contribution >= 4 is 31.6 Å². The molecule has 0 bridgehead atoms. The van der Waals surface area contributed by atoms with Gasteiger partial charge in [0.05, 0.1) is 5.25 Å². The van der Waals surface area contributed by atoms with Crippen LogP contribution in [0.3, 0.4) is 0 Å². The van der Waals surface area contributed by atoms with Crippen molar-refractivity contribution in [2.75, 3.05) is 37.4 Å². The van der Waals surface area contributed by atoms with Gasteiger partial charge in [0.1, 0.15) is 5.37 Å². The van der Waals surface area contributed by atoms with E-state index in [0.29, 0.717) is 18.1 Å². The van der Waals surface area contributed by atoms with Crippen LogP contribution >= 0.6 is 11.8 Å². The average Bonchev–Trinajstić information content (AvgIpc) is 2.38. The van der Waals surface area contributed by atoms with Crippen LogP contribution < -0.4 is 5.32 Å². The fourth-order valence-electron chi connectivity index (χ4n) is 2.01. The molecule has 0 aromatic rings. The topological polar surface area (TPSA) is 83.6 Å². The standard InChI is InChI=1S/C11H24N2O4S3/c1-4-5-12-8-10(2)20(16,17)13-6-7-18-9-11(13)19(3,14)15/h10-12H,4-9H2,1-3H3. The second kappa shape index (κ2) is 7.44. The zero-order chi connectivity index (χ0) is 15.4. The fraction of sp³-hybridized carbons (Fsp3) is 1.00. The summed E-state index contributed by atoms with van der Waals surface area (Å²) in [6.07, 6.45) is 2.03. The van der Waals surface area contributed by atoms with E-state index < -0.39 is 30.5 Å². The molecule has 9 heteroatoms. The Morgan fingerprint density at radius 3 is 2.55 bits per heavy atom. The molecule has 0 saturated carbocycles. The van der Waals surface area contributed by atoms with E-state index in [1.807, 2.05) is 6.92 Å². The summed E-state index contributed by atoms with van der Waals surface area (Å²) in [5.41, 5.74) is 0. The molecule has 1 fully saturated rings. The molecule has 0 aromatic carbocycles. The zero-order valence-corrected chi connectivity index (χ0v) is 14.7. The SMILES string of the molecule is CCCNCC(C)S(=O)(=O)N1CCSCC1S(C)(=O)=O. The first kappa shape index (κ1) is 18.2. The molecule has 1 rings (SSSR count). The molecule has 0 aliphatic carbocycles. The molecule has 0 radical (unpaired) electrons. The number of hydrogen-bond acceptors (Lipinski definition) is 6. The minimum atomic E-state index is -3.60. The molecule has 120 valence electrons. The Bertz CT molecular complexity index is 504. The molecule has 2 atom stereocenters. The molecule has 2 unspecified atom stereocenters. The van der Waals surface area contributed by atoms with Crippen molar-refractivity contribution in [3.63, 3.8) is 0 Å². The van der Waals surface area contributed by atoms with Crippen LogP contribution in [0.15, 0.2) is 0 Å². The van der Waals surface area contributed by atoms with Crippen LogP contribution in [0.1, 0.15) is 20.3 Å². The average molecular weight is 345 g/mol. The third kappa shape index (κ3) is 4.59. The molecule has 0 aromatic heterocycles. The second-order valence-corrected chi connectivity index (χ2v) is 10.7. The van der Waals surface area contributed by atoms with Crippen molar-refractivity contribution < 1.29 is 16.8 Å². The highest BCUT2D eigenvalue weighted by atomic mass is 32.2. The van der Waals surface area contributed by atoms with Gasteiger partial charge in [-0.05, 0) is 19.9 Å². The lowest BCUT2D eigenvalue weighted by atomic mass is 10.4. The lowest BCUT2D eigenvalue weighted by Gasteiger charge is -2.34.